The minimum atomic E-state index is -0.108. The monoisotopic (exact) mass is 364 g/mol. The van der Waals surface area contributed by atoms with Crippen LogP contribution in [0.15, 0.2) is 28.7 Å². The van der Waals surface area contributed by atoms with Crippen molar-refractivity contribution in [1.29, 1.82) is 0 Å². The molecule has 0 radical (unpaired) electrons. The molecule has 3 rings (SSSR count). The first-order valence-electron chi connectivity index (χ1n) is 6.40. The number of nitrogens with one attached hydrogen (secondary N) is 1. The number of benzene rings is 1. The highest BCUT2D eigenvalue weighted by atomic mass is 79.9. The van der Waals surface area contributed by atoms with Crippen LogP contribution in [0.5, 0.6) is 0 Å². The lowest BCUT2D eigenvalue weighted by atomic mass is 10.2. The molecular formula is C14H13BrN4OS. The van der Waals surface area contributed by atoms with Gasteiger partial charge in [-0.3, -0.25) is 4.79 Å². The number of carbonyl (C=O) groups is 1. The zero-order valence-corrected chi connectivity index (χ0v) is 14.0. The van der Waals surface area contributed by atoms with Crippen LogP contribution in [-0.4, -0.2) is 20.5 Å². The molecule has 0 fully saturated rings. The Labute approximate surface area is 134 Å². The van der Waals surface area contributed by atoms with Crippen molar-refractivity contribution < 1.29 is 4.79 Å². The van der Waals surface area contributed by atoms with E-state index in [1.54, 1.807) is 28.0 Å². The van der Waals surface area contributed by atoms with Crippen LogP contribution in [-0.2, 0) is 6.54 Å². The minimum absolute atomic E-state index is 0.108. The summed E-state index contributed by atoms with van der Waals surface area (Å²) in [6, 6.07) is 7.26. The Kier molecular flexibility index (Phi) is 3.77. The first-order valence-corrected chi connectivity index (χ1v) is 8.01. The topological polar surface area (TPSA) is 59.3 Å². The molecule has 0 atom stereocenters. The summed E-state index contributed by atoms with van der Waals surface area (Å²) in [7, 11) is 0. The molecule has 108 valence electrons. The van der Waals surface area contributed by atoms with E-state index >= 15 is 0 Å². The second-order valence-corrected chi connectivity index (χ2v) is 6.72. The molecule has 3 aromatic rings. The highest BCUT2D eigenvalue weighted by Crippen LogP contribution is 2.18. The number of aromatic nitrogens is 3. The predicted octanol–water partition coefficient (Wildman–Crippen LogP) is 3.10. The predicted molar refractivity (Wildman–Crippen MR) is 85.7 cm³/mol. The summed E-state index contributed by atoms with van der Waals surface area (Å²) in [5, 5.41) is 8.28. The van der Waals surface area contributed by atoms with E-state index in [2.05, 4.69) is 31.3 Å². The summed E-state index contributed by atoms with van der Waals surface area (Å²) in [6.07, 6.45) is 0. The van der Waals surface area contributed by atoms with Crippen molar-refractivity contribution >= 4 is 38.1 Å². The number of aryl methyl sites for hydroxylation is 2. The Morgan fingerprint density at radius 1 is 1.33 bits per heavy atom. The summed E-state index contributed by atoms with van der Waals surface area (Å²) in [5.74, 6) is -0.108. The normalized spacial score (nSPS) is 11.0. The molecule has 0 bridgehead atoms. The van der Waals surface area contributed by atoms with Crippen molar-refractivity contribution in [3.8, 4) is 0 Å². The van der Waals surface area contributed by atoms with Crippen molar-refractivity contribution in [2.75, 3.05) is 0 Å². The van der Waals surface area contributed by atoms with Gasteiger partial charge in [0, 0.05) is 10.0 Å². The Hall–Kier alpha value is -1.73. The van der Waals surface area contributed by atoms with Crippen molar-refractivity contribution in [2.45, 2.75) is 20.4 Å². The number of imidazole rings is 1. The van der Waals surface area contributed by atoms with Crippen molar-refractivity contribution in [2.24, 2.45) is 0 Å². The number of nitrogens with zero attached hydrogens (tertiary/aromatic N) is 3. The fourth-order valence-corrected chi connectivity index (χ4v) is 3.13. The molecule has 2 aromatic heterocycles. The summed E-state index contributed by atoms with van der Waals surface area (Å²) >= 11 is 4.90. The molecule has 0 spiro atoms. The van der Waals surface area contributed by atoms with E-state index < -0.39 is 0 Å². The van der Waals surface area contributed by atoms with E-state index in [0.29, 0.717) is 12.1 Å². The fourth-order valence-electron chi connectivity index (χ4n) is 2.06. The van der Waals surface area contributed by atoms with Crippen molar-refractivity contribution in [3.05, 3.63) is 50.7 Å². The maximum Gasteiger partial charge on any atom is 0.251 e. The summed E-state index contributed by atoms with van der Waals surface area (Å²) < 4.78 is 2.75. The van der Waals surface area contributed by atoms with Crippen LogP contribution >= 0.6 is 27.3 Å². The summed E-state index contributed by atoms with van der Waals surface area (Å²) in [4.78, 5) is 17.4. The van der Waals surface area contributed by atoms with Gasteiger partial charge in [-0.25, -0.2) is 9.50 Å². The van der Waals surface area contributed by atoms with Gasteiger partial charge in [0.2, 0.25) is 4.96 Å². The molecule has 0 saturated carbocycles. The smallest absolute Gasteiger partial charge is 0.251 e. The summed E-state index contributed by atoms with van der Waals surface area (Å²) in [6.45, 7) is 4.28. The fraction of sp³-hybridized carbons (Fsp3) is 0.214. The highest BCUT2D eigenvalue weighted by Gasteiger charge is 2.14. The van der Waals surface area contributed by atoms with E-state index in [9.17, 15) is 4.79 Å². The molecule has 0 aliphatic carbocycles. The van der Waals surface area contributed by atoms with Crippen molar-refractivity contribution in [1.82, 2.24) is 19.9 Å². The van der Waals surface area contributed by atoms with Gasteiger partial charge in [-0.05, 0) is 38.1 Å². The minimum Gasteiger partial charge on any atom is -0.346 e. The highest BCUT2D eigenvalue weighted by molar-refractivity contribution is 9.10. The third-order valence-electron chi connectivity index (χ3n) is 3.12. The number of fused-ring (bicyclic) bond motifs is 1. The molecule has 1 aromatic carbocycles. The van der Waals surface area contributed by atoms with Crippen LogP contribution in [0.1, 0.15) is 26.8 Å². The largest absolute Gasteiger partial charge is 0.346 e. The maximum absolute atomic E-state index is 12.1. The van der Waals surface area contributed by atoms with E-state index in [1.165, 1.54) is 0 Å². The SMILES string of the molecule is Cc1nn2c(CNC(=O)c3ccc(Br)cc3)c(C)nc2s1. The molecule has 7 heteroatoms. The lowest BCUT2D eigenvalue weighted by Crippen LogP contribution is -2.24. The average Bonchev–Trinajstić information content (AvgIpc) is 2.92. The van der Waals surface area contributed by atoms with Gasteiger partial charge >= 0.3 is 0 Å². The maximum atomic E-state index is 12.1. The number of amides is 1. The molecule has 5 nitrogen and oxygen atoms in total. The van der Waals surface area contributed by atoms with E-state index in [-0.39, 0.29) is 5.91 Å². The standard InChI is InChI=1S/C14H13BrN4OS/c1-8-12(19-14(17-8)21-9(2)18-19)7-16-13(20)10-3-5-11(15)6-4-10/h3-6H,7H2,1-2H3,(H,16,20). The van der Waals surface area contributed by atoms with Crippen LogP contribution < -0.4 is 5.32 Å². The van der Waals surface area contributed by atoms with Crippen LogP contribution in [0, 0.1) is 13.8 Å². The van der Waals surface area contributed by atoms with Gasteiger partial charge in [-0.2, -0.15) is 5.10 Å². The van der Waals surface area contributed by atoms with Gasteiger partial charge in [0.05, 0.1) is 17.9 Å². The first kappa shape index (κ1) is 14.2. The molecule has 2 heterocycles. The molecule has 0 aliphatic heterocycles. The Bertz CT molecular complexity index is 806. The van der Waals surface area contributed by atoms with E-state index in [0.717, 1.165) is 25.8 Å². The summed E-state index contributed by atoms with van der Waals surface area (Å²) in [5.41, 5.74) is 2.44. The van der Waals surface area contributed by atoms with Gasteiger partial charge in [-0.1, -0.05) is 27.3 Å². The van der Waals surface area contributed by atoms with Crippen LogP contribution in [0.25, 0.3) is 4.96 Å². The molecule has 0 saturated heterocycles. The van der Waals surface area contributed by atoms with Gasteiger partial charge in [0.25, 0.3) is 5.91 Å². The molecular weight excluding hydrogens is 352 g/mol. The Morgan fingerprint density at radius 2 is 2.05 bits per heavy atom. The lowest BCUT2D eigenvalue weighted by Gasteiger charge is -2.05. The molecule has 21 heavy (non-hydrogen) atoms. The third-order valence-corrected chi connectivity index (χ3v) is 4.47. The van der Waals surface area contributed by atoms with E-state index in [1.807, 2.05) is 26.0 Å². The van der Waals surface area contributed by atoms with Crippen LogP contribution in [0.2, 0.25) is 0 Å². The molecule has 1 amide bonds. The molecule has 0 aliphatic rings. The average molecular weight is 365 g/mol. The van der Waals surface area contributed by atoms with Gasteiger partial charge < -0.3 is 5.32 Å². The second-order valence-electron chi connectivity index (χ2n) is 4.65. The van der Waals surface area contributed by atoms with Gasteiger partial charge in [-0.15, -0.1) is 0 Å². The number of hydrogen-bond acceptors (Lipinski definition) is 4. The quantitative estimate of drug-likeness (QED) is 0.776. The first-order chi connectivity index (χ1) is 10.0. The zero-order chi connectivity index (χ0) is 15.0. The second kappa shape index (κ2) is 5.57. The lowest BCUT2D eigenvalue weighted by molar-refractivity contribution is 0.0950. The molecule has 1 N–H and O–H groups in total. The number of rotatable bonds is 3. The van der Waals surface area contributed by atoms with Crippen LogP contribution in [0.3, 0.4) is 0 Å². The van der Waals surface area contributed by atoms with Gasteiger partial charge in [0.15, 0.2) is 0 Å². The Morgan fingerprint density at radius 3 is 2.76 bits per heavy atom. The van der Waals surface area contributed by atoms with Gasteiger partial charge in [0.1, 0.15) is 5.01 Å². The zero-order valence-electron chi connectivity index (χ0n) is 11.6. The number of hydrogen-bond donors (Lipinski definition) is 1. The molecule has 0 unspecified atom stereocenters. The number of halogens is 1. The Balaban J connectivity index is 1.78. The van der Waals surface area contributed by atoms with Crippen molar-refractivity contribution in [3.63, 3.8) is 0 Å². The van der Waals surface area contributed by atoms with Crippen LogP contribution in [0.4, 0.5) is 0 Å². The third kappa shape index (κ3) is 2.84. The van der Waals surface area contributed by atoms with E-state index in [4.69, 9.17) is 0 Å². The number of carbonyl (C=O) groups excluding carboxylic acids is 1.